The lowest BCUT2D eigenvalue weighted by molar-refractivity contribution is -0.127. The van der Waals surface area contributed by atoms with Crippen LogP contribution in [-0.2, 0) is 4.79 Å². The molecule has 0 saturated heterocycles. The number of hydrogen-bond acceptors (Lipinski definition) is 3. The summed E-state index contributed by atoms with van der Waals surface area (Å²) < 4.78 is 6.20. The van der Waals surface area contributed by atoms with Crippen LogP contribution >= 0.6 is 15.9 Å². The first-order chi connectivity index (χ1) is 7.02. The summed E-state index contributed by atoms with van der Waals surface area (Å²) in [5.74, 6) is 0.853. The number of carbonyl (C=O) groups excluding carboxylic acids is 1. The molecule has 0 fully saturated rings. The summed E-state index contributed by atoms with van der Waals surface area (Å²) in [6.07, 6.45) is 1.62. The Kier molecular flexibility index (Phi) is 4.35. The number of nitrogens with one attached hydrogen (secondary N) is 1. The molecule has 4 nitrogen and oxygen atoms in total. The van der Waals surface area contributed by atoms with Crippen molar-refractivity contribution in [3.05, 3.63) is 22.6 Å². The van der Waals surface area contributed by atoms with E-state index < -0.39 is 0 Å². The molecule has 15 heavy (non-hydrogen) atoms. The molecule has 0 spiro atoms. The molecule has 1 atom stereocenters. The zero-order valence-corrected chi connectivity index (χ0v) is 10.7. The van der Waals surface area contributed by atoms with Crippen LogP contribution in [-0.4, -0.2) is 31.4 Å². The molecule has 1 heterocycles. The van der Waals surface area contributed by atoms with Crippen molar-refractivity contribution >= 4 is 21.8 Å². The Morgan fingerprint density at radius 2 is 2.33 bits per heavy atom. The van der Waals surface area contributed by atoms with Gasteiger partial charge in [-0.15, -0.1) is 0 Å². The molecule has 0 bridgehead atoms. The fraction of sp³-hybridized carbons (Fsp3) is 0.500. The van der Waals surface area contributed by atoms with E-state index in [-0.39, 0.29) is 11.9 Å². The van der Waals surface area contributed by atoms with Gasteiger partial charge in [0, 0.05) is 14.1 Å². The molecule has 1 aromatic heterocycles. The summed E-state index contributed by atoms with van der Waals surface area (Å²) in [6, 6.07) is 1.85. The molecule has 0 aliphatic heterocycles. The zero-order valence-electron chi connectivity index (χ0n) is 9.08. The molecule has 0 radical (unpaired) electrons. The van der Waals surface area contributed by atoms with Gasteiger partial charge in [0.05, 0.1) is 23.3 Å². The molecular formula is C10H15BrN2O2. The third-order valence-corrected chi connectivity index (χ3v) is 2.75. The largest absolute Gasteiger partial charge is 0.466 e. The number of amides is 1. The summed E-state index contributed by atoms with van der Waals surface area (Å²) in [6.45, 7) is 2.26. The third kappa shape index (κ3) is 3.35. The third-order valence-electron chi connectivity index (χ3n) is 2.10. The Morgan fingerprint density at radius 1 is 1.67 bits per heavy atom. The van der Waals surface area contributed by atoms with Crippen LogP contribution in [0.1, 0.15) is 18.7 Å². The maximum Gasteiger partial charge on any atom is 0.236 e. The lowest BCUT2D eigenvalue weighted by Gasteiger charge is -2.14. The summed E-state index contributed by atoms with van der Waals surface area (Å²) in [5.41, 5.74) is 0. The van der Waals surface area contributed by atoms with Crippen LogP contribution in [0.5, 0.6) is 0 Å². The highest BCUT2D eigenvalue weighted by atomic mass is 79.9. The average molecular weight is 275 g/mol. The normalized spacial score (nSPS) is 12.5. The number of halogens is 1. The molecule has 1 amide bonds. The second kappa shape index (κ2) is 5.32. The van der Waals surface area contributed by atoms with Crippen LogP contribution in [0, 0.1) is 0 Å². The average Bonchev–Trinajstić information content (AvgIpc) is 2.60. The minimum absolute atomic E-state index is 0.0123. The second-order valence-electron chi connectivity index (χ2n) is 3.52. The molecule has 0 aliphatic carbocycles. The first-order valence-electron chi connectivity index (χ1n) is 4.68. The second-order valence-corrected chi connectivity index (χ2v) is 4.38. The molecule has 1 unspecified atom stereocenters. The number of furan rings is 1. The standard InChI is InChI=1S/C10H15BrN2O2/c1-7(10-8(11)4-5-15-10)12-6-9(14)13(2)3/h4-5,7,12H,6H2,1-3H3. The summed E-state index contributed by atoms with van der Waals surface area (Å²) in [7, 11) is 3.47. The van der Waals surface area contributed by atoms with Crippen molar-refractivity contribution in [3.8, 4) is 0 Å². The Hall–Kier alpha value is -0.810. The SMILES string of the molecule is CC(NCC(=O)N(C)C)c1occc1Br. The molecule has 1 aromatic rings. The van der Waals surface area contributed by atoms with Gasteiger partial charge in [-0.1, -0.05) is 0 Å². The number of likely N-dealkylation sites (N-methyl/N-ethyl adjacent to an activating group) is 1. The number of rotatable bonds is 4. The Labute approximate surface area is 97.8 Å². The van der Waals surface area contributed by atoms with Crippen LogP contribution in [0.15, 0.2) is 21.2 Å². The van der Waals surface area contributed by atoms with E-state index >= 15 is 0 Å². The molecule has 1 rings (SSSR count). The van der Waals surface area contributed by atoms with Crippen molar-refractivity contribution in [2.45, 2.75) is 13.0 Å². The van der Waals surface area contributed by atoms with Crippen molar-refractivity contribution in [2.24, 2.45) is 0 Å². The minimum Gasteiger partial charge on any atom is -0.466 e. The molecule has 0 aromatic carbocycles. The number of carbonyl (C=O) groups is 1. The van der Waals surface area contributed by atoms with Gasteiger partial charge in [-0.25, -0.2) is 0 Å². The Bertz CT molecular complexity index is 336. The van der Waals surface area contributed by atoms with E-state index in [2.05, 4.69) is 21.2 Å². The van der Waals surface area contributed by atoms with Crippen molar-refractivity contribution < 1.29 is 9.21 Å². The quantitative estimate of drug-likeness (QED) is 0.911. The molecule has 0 saturated carbocycles. The van der Waals surface area contributed by atoms with Crippen molar-refractivity contribution in [2.75, 3.05) is 20.6 Å². The Morgan fingerprint density at radius 3 is 2.80 bits per heavy atom. The first-order valence-corrected chi connectivity index (χ1v) is 5.48. The maximum absolute atomic E-state index is 11.3. The lowest BCUT2D eigenvalue weighted by Crippen LogP contribution is -2.34. The summed E-state index contributed by atoms with van der Waals surface area (Å²) in [4.78, 5) is 12.9. The minimum atomic E-state index is 0.0123. The van der Waals surface area contributed by atoms with Gasteiger partial charge in [0.1, 0.15) is 5.76 Å². The van der Waals surface area contributed by atoms with Gasteiger partial charge in [-0.2, -0.15) is 0 Å². The highest BCUT2D eigenvalue weighted by Crippen LogP contribution is 2.23. The van der Waals surface area contributed by atoms with Crippen molar-refractivity contribution in [1.82, 2.24) is 10.2 Å². The van der Waals surface area contributed by atoms with E-state index in [1.807, 2.05) is 13.0 Å². The van der Waals surface area contributed by atoms with Crippen molar-refractivity contribution in [3.63, 3.8) is 0 Å². The lowest BCUT2D eigenvalue weighted by atomic mass is 10.2. The highest BCUT2D eigenvalue weighted by molar-refractivity contribution is 9.10. The molecule has 5 heteroatoms. The summed E-state index contributed by atoms with van der Waals surface area (Å²) >= 11 is 3.37. The van der Waals surface area contributed by atoms with E-state index in [4.69, 9.17) is 4.42 Å². The van der Waals surface area contributed by atoms with Gasteiger partial charge in [-0.05, 0) is 28.9 Å². The van der Waals surface area contributed by atoms with E-state index in [1.54, 1.807) is 25.3 Å². The van der Waals surface area contributed by atoms with Crippen LogP contribution in [0.2, 0.25) is 0 Å². The van der Waals surface area contributed by atoms with E-state index in [0.717, 1.165) is 10.2 Å². The highest BCUT2D eigenvalue weighted by Gasteiger charge is 2.13. The topological polar surface area (TPSA) is 45.5 Å². The van der Waals surface area contributed by atoms with Crippen LogP contribution in [0.4, 0.5) is 0 Å². The number of hydrogen-bond donors (Lipinski definition) is 1. The smallest absolute Gasteiger partial charge is 0.236 e. The van der Waals surface area contributed by atoms with E-state index in [0.29, 0.717) is 6.54 Å². The van der Waals surface area contributed by atoms with Gasteiger partial charge >= 0.3 is 0 Å². The van der Waals surface area contributed by atoms with E-state index in [1.165, 1.54) is 0 Å². The van der Waals surface area contributed by atoms with Crippen LogP contribution in [0.25, 0.3) is 0 Å². The van der Waals surface area contributed by atoms with Gasteiger partial charge in [0.2, 0.25) is 5.91 Å². The maximum atomic E-state index is 11.3. The molecule has 1 N–H and O–H groups in total. The zero-order chi connectivity index (χ0) is 11.4. The van der Waals surface area contributed by atoms with Crippen LogP contribution in [0.3, 0.4) is 0 Å². The van der Waals surface area contributed by atoms with Crippen molar-refractivity contribution in [1.29, 1.82) is 0 Å². The monoisotopic (exact) mass is 274 g/mol. The molecule has 84 valence electrons. The van der Waals surface area contributed by atoms with Gasteiger partial charge in [-0.3, -0.25) is 10.1 Å². The number of nitrogens with zero attached hydrogens (tertiary/aromatic N) is 1. The predicted molar refractivity (Wildman–Crippen MR) is 61.5 cm³/mol. The fourth-order valence-electron chi connectivity index (χ4n) is 1.11. The van der Waals surface area contributed by atoms with Gasteiger partial charge < -0.3 is 9.32 Å². The molecular weight excluding hydrogens is 260 g/mol. The van der Waals surface area contributed by atoms with Gasteiger partial charge in [0.25, 0.3) is 0 Å². The summed E-state index contributed by atoms with van der Waals surface area (Å²) in [5, 5.41) is 3.09. The Balaban J connectivity index is 2.47. The van der Waals surface area contributed by atoms with Crippen LogP contribution < -0.4 is 5.32 Å². The fourth-order valence-corrected chi connectivity index (χ4v) is 1.65. The first kappa shape index (κ1) is 12.3. The van der Waals surface area contributed by atoms with E-state index in [9.17, 15) is 4.79 Å². The molecule has 0 aliphatic rings. The predicted octanol–water partition coefficient (Wildman–Crippen LogP) is 1.78. The van der Waals surface area contributed by atoms with Gasteiger partial charge in [0.15, 0.2) is 0 Å².